The van der Waals surface area contributed by atoms with Crippen LogP contribution in [0.15, 0.2) is 24.3 Å². The van der Waals surface area contributed by atoms with Crippen molar-refractivity contribution >= 4 is 45.8 Å². The van der Waals surface area contributed by atoms with E-state index in [1.807, 2.05) is 0 Å². The average molecular weight is 369 g/mol. The Kier molecular flexibility index (Phi) is 6.99. The van der Waals surface area contributed by atoms with E-state index in [-0.39, 0.29) is 29.9 Å². The molecule has 0 unspecified atom stereocenters. The zero-order valence-electron chi connectivity index (χ0n) is 13.5. The van der Waals surface area contributed by atoms with E-state index < -0.39 is 0 Å². The van der Waals surface area contributed by atoms with Gasteiger partial charge in [0, 0.05) is 25.8 Å². The standard InChI is InChI=1S/C16H20FN3O2S2/c1-19(10-14(21)18-13-6-4-12(17)5-7-13)15(22)11-24-16(23)20-8-2-3-9-20/h4-7H,2-3,8-11H2,1H3,(H,18,21). The summed E-state index contributed by atoms with van der Waals surface area (Å²) in [6.45, 7) is 1.85. The zero-order valence-corrected chi connectivity index (χ0v) is 15.1. The molecule has 1 aliphatic heterocycles. The molecule has 0 saturated carbocycles. The number of anilines is 1. The van der Waals surface area contributed by atoms with Gasteiger partial charge in [0.2, 0.25) is 11.8 Å². The molecule has 1 fully saturated rings. The number of rotatable bonds is 5. The van der Waals surface area contributed by atoms with Crippen LogP contribution in [0.5, 0.6) is 0 Å². The maximum Gasteiger partial charge on any atom is 0.243 e. The van der Waals surface area contributed by atoms with Gasteiger partial charge in [0.05, 0.1) is 12.3 Å². The molecule has 0 atom stereocenters. The monoisotopic (exact) mass is 369 g/mol. The Balaban J connectivity index is 1.73. The Morgan fingerprint density at radius 2 is 1.92 bits per heavy atom. The van der Waals surface area contributed by atoms with Gasteiger partial charge in [-0.15, -0.1) is 0 Å². The number of nitrogens with zero attached hydrogens (tertiary/aromatic N) is 2. The highest BCUT2D eigenvalue weighted by Crippen LogP contribution is 2.16. The lowest BCUT2D eigenvalue weighted by Crippen LogP contribution is -2.36. The summed E-state index contributed by atoms with van der Waals surface area (Å²) in [7, 11) is 1.58. The van der Waals surface area contributed by atoms with Crippen LogP contribution < -0.4 is 5.32 Å². The van der Waals surface area contributed by atoms with Crippen molar-refractivity contribution in [3.8, 4) is 0 Å². The van der Waals surface area contributed by atoms with Crippen molar-refractivity contribution in [2.75, 3.05) is 37.8 Å². The number of likely N-dealkylation sites (N-methyl/N-ethyl adjacent to an activating group) is 1. The number of thioether (sulfide) groups is 1. The Hall–Kier alpha value is -1.67. The first-order valence-corrected chi connectivity index (χ1v) is 9.06. The number of carbonyl (C=O) groups excluding carboxylic acids is 2. The van der Waals surface area contributed by atoms with Crippen LogP contribution >= 0.6 is 24.0 Å². The number of halogens is 1. The zero-order chi connectivity index (χ0) is 17.5. The molecule has 1 aromatic rings. The third kappa shape index (κ3) is 5.76. The number of hydrogen-bond acceptors (Lipinski definition) is 4. The molecule has 2 rings (SSSR count). The number of benzene rings is 1. The van der Waals surface area contributed by atoms with Crippen molar-refractivity contribution in [2.24, 2.45) is 0 Å². The van der Waals surface area contributed by atoms with Crippen LogP contribution in [0, 0.1) is 5.82 Å². The molecule has 1 saturated heterocycles. The summed E-state index contributed by atoms with van der Waals surface area (Å²) < 4.78 is 13.6. The van der Waals surface area contributed by atoms with Gasteiger partial charge in [-0.1, -0.05) is 24.0 Å². The van der Waals surface area contributed by atoms with Crippen LogP contribution in [0.2, 0.25) is 0 Å². The average Bonchev–Trinajstić information content (AvgIpc) is 3.08. The van der Waals surface area contributed by atoms with Gasteiger partial charge in [-0.2, -0.15) is 0 Å². The van der Waals surface area contributed by atoms with E-state index in [0.717, 1.165) is 30.3 Å². The number of hydrogen-bond donors (Lipinski definition) is 1. The summed E-state index contributed by atoms with van der Waals surface area (Å²) in [6, 6.07) is 5.47. The third-order valence-electron chi connectivity index (χ3n) is 3.62. The molecule has 0 radical (unpaired) electrons. The first-order valence-electron chi connectivity index (χ1n) is 7.67. The molecule has 24 heavy (non-hydrogen) atoms. The maximum atomic E-state index is 12.8. The van der Waals surface area contributed by atoms with Gasteiger partial charge in [-0.3, -0.25) is 9.59 Å². The number of likely N-dealkylation sites (tertiary alicyclic amines) is 1. The Morgan fingerprint density at radius 3 is 2.54 bits per heavy atom. The minimum absolute atomic E-state index is 0.0623. The predicted octanol–water partition coefficient (Wildman–Crippen LogP) is 2.34. The van der Waals surface area contributed by atoms with E-state index in [1.165, 1.54) is 40.9 Å². The van der Waals surface area contributed by atoms with Crippen molar-refractivity contribution in [3.63, 3.8) is 0 Å². The number of amides is 2. The summed E-state index contributed by atoms with van der Waals surface area (Å²) in [4.78, 5) is 27.5. The lowest BCUT2D eigenvalue weighted by molar-refractivity contribution is -0.131. The van der Waals surface area contributed by atoms with Crippen molar-refractivity contribution in [1.82, 2.24) is 9.80 Å². The highest BCUT2D eigenvalue weighted by molar-refractivity contribution is 8.23. The fourth-order valence-electron chi connectivity index (χ4n) is 2.26. The normalized spacial score (nSPS) is 13.7. The van der Waals surface area contributed by atoms with E-state index in [4.69, 9.17) is 12.2 Å². The highest BCUT2D eigenvalue weighted by Gasteiger charge is 2.18. The fourth-order valence-corrected chi connectivity index (χ4v) is 3.45. The lowest BCUT2D eigenvalue weighted by atomic mass is 10.3. The molecule has 0 aromatic heterocycles. The molecular formula is C16H20FN3O2S2. The third-order valence-corrected chi connectivity index (χ3v) is 5.13. The van der Waals surface area contributed by atoms with Gasteiger partial charge in [-0.25, -0.2) is 4.39 Å². The molecule has 1 heterocycles. The molecular weight excluding hydrogens is 349 g/mol. The highest BCUT2D eigenvalue weighted by atomic mass is 32.2. The van der Waals surface area contributed by atoms with Crippen LogP contribution in [0.3, 0.4) is 0 Å². The SMILES string of the molecule is CN(CC(=O)Nc1ccc(F)cc1)C(=O)CSC(=S)N1CCCC1. The first-order chi connectivity index (χ1) is 11.5. The van der Waals surface area contributed by atoms with E-state index in [0.29, 0.717) is 5.69 Å². The first kappa shape index (κ1) is 18.7. The van der Waals surface area contributed by atoms with Gasteiger partial charge >= 0.3 is 0 Å². The number of carbonyl (C=O) groups is 2. The molecule has 0 bridgehead atoms. The predicted molar refractivity (Wildman–Crippen MR) is 98.5 cm³/mol. The minimum Gasteiger partial charge on any atom is -0.358 e. The van der Waals surface area contributed by atoms with Gasteiger partial charge < -0.3 is 15.1 Å². The van der Waals surface area contributed by atoms with Crippen molar-refractivity contribution in [2.45, 2.75) is 12.8 Å². The quantitative estimate of drug-likeness (QED) is 0.808. The summed E-state index contributed by atoms with van der Waals surface area (Å²) in [5, 5.41) is 2.62. The molecule has 1 N–H and O–H groups in total. The molecule has 130 valence electrons. The second-order valence-electron chi connectivity index (χ2n) is 5.55. The van der Waals surface area contributed by atoms with E-state index in [2.05, 4.69) is 10.2 Å². The smallest absolute Gasteiger partial charge is 0.243 e. The Labute approximate surface area is 150 Å². The van der Waals surface area contributed by atoms with Crippen molar-refractivity contribution in [1.29, 1.82) is 0 Å². The Morgan fingerprint density at radius 1 is 1.29 bits per heavy atom. The molecule has 2 amide bonds. The lowest BCUT2D eigenvalue weighted by Gasteiger charge is -2.20. The summed E-state index contributed by atoms with van der Waals surface area (Å²) in [5.74, 6) is -0.637. The second-order valence-corrected chi connectivity index (χ2v) is 7.16. The van der Waals surface area contributed by atoms with Crippen molar-refractivity contribution < 1.29 is 14.0 Å². The van der Waals surface area contributed by atoms with Crippen molar-refractivity contribution in [3.05, 3.63) is 30.1 Å². The van der Waals surface area contributed by atoms with Crippen LogP contribution in [-0.4, -0.2) is 58.4 Å². The molecule has 8 heteroatoms. The van der Waals surface area contributed by atoms with E-state index >= 15 is 0 Å². The molecule has 0 aliphatic carbocycles. The van der Waals surface area contributed by atoms with Gasteiger partial charge in [0.1, 0.15) is 10.1 Å². The van der Waals surface area contributed by atoms with Crippen LogP contribution in [0.4, 0.5) is 10.1 Å². The summed E-state index contributed by atoms with van der Waals surface area (Å²) >= 11 is 6.65. The molecule has 5 nitrogen and oxygen atoms in total. The number of nitrogens with one attached hydrogen (secondary N) is 1. The topological polar surface area (TPSA) is 52.7 Å². The van der Waals surface area contributed by atoms with E-state index in [9.17, 15) is 14.0 Å². The molecule has 1 aliphatic rings. The maximum absolute atomic E-state index is 12.8. The van der Waals surface area contributed by atoms with Crippen LogP contribution in [0.1, 0.15) is 12.8 Å². The Bertz CT molecular complexity index is 604. The van der Waals surface area contributed by atoms with Gasteiger partial charge in [-0.05, 0) is 37.1 Å². The van der Waals surface area contributed by atoms with Gasteiger partial charge in [0.25, 0.3) is 0 Å². The summed E-state index contributed by atoms with van der Waals surface area (Å²) in [6.07, 6.45) is 2.27. The largest absolute Gasteiger partial charge is 0.358 e. The van der Waals surface area contributed by atoms with Gasteiger partial charge in [0.15, 0.2) is 0 Å². The minimum atomic E-state index is -0.369. The summed E-state index contributed by atoms with van der Waals surface area (Å²) in [5.41, 5.74) is 0.492. The molecule has 0 spiro atoms. The van der Waals surface area contributed by atoms with E-state index in [1.54, 1.807) is 7.05 Å². The second kappa shape index (κ2) is 8.98. The fraction of sp³-hybridized carbons (Fsp3) is 0.438. The molecule has 1 aromatic carbocycles. The number of thiocarbonyl (C=S) groups is 1. The van der Waals surface area contributed by atoms with Crippen LogP contribution in [-0.2, 0) is 9.59 Å². The van der Waals surface area contributed by atoms with Crippen LogP contribution in [0.25, 0.3) is 0 Å².